The number of amidine groups is 1. The maximum Gasteiger partial charge on any atom is 0.239 e. The van der Waals surface area contributed by atoms with Crippen molar-refractivity contribution < 1.29 is 9.59 Å². The van der Waals surface area contributed by atoms with Gasteiger partial charge in [0.25, 0.3) is 0 Å². The fourth-order valence-electron chi connectivity index (χ4n) is 3.95. The van der Waals surface area contributed by atoms with E-state index in [0.717, 1.165) is 43.1 Å². The molecule has 1 saturated heterocycles. The number of hydrogen-bond acceptors (Lipinski definition) is 3. The molecule has 1 amide bonds. The van der Waals surface area contributed by atoms with Crippen molar-refractivity contribution in [2.75, 3.05) is 26.2 Å². The number of benzene rings is 1. The largest absolute Gasteiger partial charge is 0.353 e. The molecule has 0 spiro atoms. The molecular weight excluding hydrogens is 374 g/mol. The number of hydrogen-bond donors (Lipinski definition) is 1. The average molecular weight is 402 g/mol. The number of rotatable bonds is 5. The molecule has 150 valence electrons. The molecule has 2 aliphatic rings. The van der Waals surface area contributed by atoms with Crippen LogP contribution in [-0.2, 0) is 9.59 Å². The molecular formula is C22H28ClN3O2. The van der Waals surface area contributed by atoms with Crippen LogP contribution >= 0.6 is 11.6 Å². The molecule has 28 heavy (non-hydrogen) atoms. The van der Waals surface area contributed by atoms with E-state index in [1.807, 2.05) is 17.0 Å². The lowest BCUT2D eigenvalue weighted by Gasteiger charge is -2.30. The van der Waals surface area contributed by atoms with Crippen molar-refractivity contribution in [3.05, 3.63) is 47.0 Å². The minimum atomic E-state index is -0.0174. The normalized spacial score (nSPS) is 23.7. The van der Waals surface area contributed by atoms with Crippen molar-refractivity contribution in [3.63, 3.8) is 0 Å². The third kappa shape index (κ3) is 5.93. The van der Waals surface area contributed by atoms with Crippen LogP contribution in [0.3, 0.4) is 0 Å². The van der Waals surface area contributed by atoms with Crippen molar-refractivity contribution in [1.82, 2.24) is 10.2 Å². The molecule has 1 aromatic rings. The van der Waals surface area contributed by atoms with E-state index in [2.05, 4.69) is 17.4 Å². The Hall–Kier alpha value is -2.14. The van der Waals surface area contributed by atoms with Gasteiger partial charge in [0.15, 0.2) is 5.78 Å². The predicted molar refractivity (Wildman–Crippen MR) is 113 cm³/mol. The molecule has 2 fully saturated rings. The second-order valence-electron chi connectivity index (χ2n) is 7.69. The van der Waals surface area contributed by atoms with E-state index >= 15 is 0 Å². The summed E-state index contributed by atoms with van der Waals surface area (Å²) in [5.41, 5.74) is 1.33. The number of halogens is 1. The van der Waals surface area contributed by atoms with Gasteiger partial charge in [0.2, 0.25) is 5.91 Å². The Bertz CT molecular complexity index is 767. The number of nitrogens with zero attached hydrogens (tertiary/aromatic N) is 2. The molecule has 1 aromatic carbocycles. The monoisotopic (exact) mass is 401 g/mol. The number of carbonyl (C=O) groups excluding carboxylic acids is 2. The zero-order valence-electron chi connectivity index (χ0n) is 16.4. The first-order chi connectivity index (χ1) is 13.5. The molecule has 5 nitrogen and oxygen atoms in total. The third-order valence-corrected chi connectivity index (χ3v) is 5.74. The Balaban J connectivity index is 1.60. The van der Waals surface area contributed by atoms with Gasteiger partial charge >= 0.3 is 0 Å². The van der Waals surface area contributed by atoms with Crippen LogP contribution < -0.4 is 5.32 Å². The standard InChI is InChI=1S/C22H28ClN3O2/c1-16(27)5-10-21(26-12-11-24-22(28)15-26)25-14-17-6-8-18(9-7-17)19-3-2-4-20(23)13-19/h2-5,10,13,17-18H,6-9,11-12,14-15H2,1H3,(H,24,28)/b10-5-,25-21+. The zero-order chi connectivity index (χ0) is 19.9. The van der Waals surface area contributed by atoms with Crippen molar-refractivity contribution in [2.45, 2.75) is 38.5 Å². The van der Waals surface area contributed by atoms with Gasteiger partial charge in [-0.2, -0.15) is 0 Å². The molecule has 3 rings (SSSR count). The molecule has 0 unspecified atom stereocenters. The molecule has 1 N–H and O–H groups in total. The third-order valence-electron chi connectivity index (χ3n) is 5.51. The van der Waals surface area contributed by atoms with Gasteiger partial charge in [-0.25, -0.2) is 0 Å². The van der Waals surface area contributed by atoms with Gasteiger partial charge in [0.1, 0.15) is 5.84 Å². The van der Waals surface area contributed by atoms with Gasteiger partial charge in [-0.05, 0) is 74.3 Å². The molecule has 1 aliphatic heterocycles. The summed E-state index contributed by atoms with van der Waals surface area (Å²) in [6.45, 7) is 3.87. The average Bonchev–Trinajstić information content (AvgIpc) is 2.68. The van der Waals surface area contributed by atoms with E-state index < -0.39 is 0 Å². The fraction of sp³-hybridized carbons (Fsp3) is 0.500. The van der Waals surface area contributed by atoms with Crippen LogP contribution in [0, 0.1) is 5.92 Å². The molecule has 0 radical (unpaired) electrons. The van der Waals surface area contributed by atoms with Gasteiger partial charge in [0.05, 0.1) is 6.54 Å². The summed E-state index contributed by atoms with van der Waals surface area (Å²) in [5.74, 6) is 1.83. The number of piperazine rings is 1. The van der Waals surface area contributed by atoms with Crippen LogP contribution in [0.2, 0.25) is 5.02 Å². The molecule has 1 saturated carbocycles. The van der Waals surface area contributed by atoms with Crippen molar-refractivity contribution in [3.8, 4) is 0 Å². The number of carbonyl (C=O) groups is 2. The minimum Gasteiger partial charge on any atom is -0.353 e. The van der Waals surface area contributed by atoms with Crippen molar-refractivity contribution in [2.24, 2.45) is 10.9 Å². The van der Waals surface area contributed by atoms with E-state index in [-0.39, 0.29) is 11.7 Å². The molecule has 1 aliphatic carbocycles. The van der Waals surface area contributed by atoms with Gasteiger partial charge in [-0.3, -0.25) is 14.6 Å². The predicted octanol–water partition coefficient (Wildman–Crippen LogP) is 3.59. The highest BCUT2D eigenvalue weighted by Crippen LogP contribution is 2.36. The minimum absolute atomic E-state index is 0.00259. The molecule has 0 aromatic heterocycles. The Labute approximate surface area is 171 Å². The van der Waals surface area contributed by atoms with Crippen LogP contribution in [0.15, 0.2) is 41.4 Å². The summed E-state index contributed by atoms with van der Waals surface area (Å²) in [4.78, 5) is 29.8. The molecule has 1 heterocycles. The first-order valence-electron chi connectivity index (χ1n) is 10.0. The number of amides is 1. The summed E-state index contributed by atoms with van der Waals surface area (Å²) in [6.07, 6.45) is 7.83. The fourth-order valence-corrected chi connectivity index (χ4v) is 4.14. The molecule has 0 atom stereocenters. The maximum absolute atomic E-state index is 11.7. The maximum atomic E-state index is 11.7. The zero-order valence-corrected chi connectivity index (χ0v) is 17.1. The summed E-state index contributed by atoms with van der Waals surface area (Å²) in [7, 11) is 0. The number of nitrogens with one attached hydrogen (secondary N) is 1. The summed E-state index contributed by atoms with van der Waals surface area (Å²) >= 11 is 6.13. The summed E-state index contributed by atoms with van der Waals surface area (Å²) < 4.78 is 0. The van der Waals surface area contributed by atoms with Gasteiger partial charge < -0.3 is 10.2 Å². The summed E-state index contributed by atoms with van der Waals surface area (Å²) in [6, 6.07) is 8.19. The number of ketones is 1. The number of aliphatic imine (C=N–C) groups is 1. The van der Waals surface area contributed by atoms with E-state index in [0.29, 0.717) is 31.5 Å². The van der Waals surface area contributed by atoms with E-state index in [4.69, 9.17) is 16.6 Å². The highest BCUT2D eigenvalue weighted by atomic mass is 35.5. The van der Waals surface area contributed by atoms with Crippen molar-refractivity contribution >= 4 is 29.1 Å². The second kappa shape index (κ2) is 9.87. The van der Waals surface area contributed by atoms with Crippen LogP contribution in [0.4, 0.5) is 0 Å². The second-order valence-corrected chi connectivity index (χ2v) is 8.12. The van der Waals surface area contributed by atoms with Gasteiger partial charge in [-0.15, -0.1) is 0 Å². The van der Waals surface area contributed by atoms with Crippen LogP contribution in [0.5, 0.6) is 0 Å². The Kier molecular flexibility index (Phi) is 7.26. The highest BCUT2D eigenvalue weighted by Gasteiger charge is 2.23. The SMILES string of the molecule is CC(=O)/C=C\C(=N/CC1CCC(c2cccc(Cl)c2)CC1)N1CCNC(=O)C1. The number of allylic oxidation sites excluding steroid dienone is 1. The first kappa shape index (κ1) is 20.6. The van der Waals surface area contributed by atoms with Crippen LogP contribution in [0.25, 0.3) is 0 Å². The Morgan fingerprint density at radius 1 is 1.29 bits per heavy atom. The quantitative estimate of drug-likeness (QED) is 0.466. The van der Waals surface area contributed by atoms with E-state index in [1.165, 1.54) is 18.6 Å². The summed E-state index contributed by atoms with van der Waals surface area (Å²) in [5, 5.41) is 3.63. The van der Waals surface area contributed by atoms with Gasteiger partial charge in [0, 0.05) is 24.7 Å². The highest BCUT2D eigenvalue weighted by molar-refractivity contribution is 6.30. The molecule has 6 heteroatoms. The van der Waals surface area contributed by atoms with E-state index in [1.54, 1.807) is 6.08 Å². The van der Waals surface area contributed by atoms with Crippen LogP contribution in [-0.4, -0.2) is 48.6 Å². The Morgan fingerprint density at radius 2 is 2.07 bits per heavy atom. The smallest absolute Gasteiger partial charge is 0.239 e. The molecule has 0 bridgehead atoms. The van der Waals surface area contributed by atoms with Crippen LogP contribution in [0.1, 0.15) is 44.1 Å². The van der Waals surface area contributed by atoms with E-state index in [9.17, 15) is 9.59 Å². The van der Waals surface area contributed by atoms with Crippen molar-refractivity contribution in [1.29, 1.82) is 0 Å². The first-order valence-corrected chi connectivity index (χ1v) is 10.4. The van der Waals surface area contributed by atoms with Gasteiger partial charge in [-0.1, -0.05) is 23.7 Å². The lowest BCUT2D eigenvalue weighted by Crippen LogP contribution is -2.49. The lowest BCUT2D eigenvalue weighted by atomic mass is 9.79. The Morgan fingerprint density at radius 3 is 2.75 bits per heavy atom. The lowest BCUT2D eigenvalue weighted by molar-refractivity contribution is -0.122. The topological polar surface area (TPSA) is 61.8 Å².